The van der Waals surface area contributed by atoms with E-state index in [0.717, 1.165) is 16.8 Å². The molecule has 0 atom stereocenters. The van der Waals surface area contributed by atoms with E-state index in [4.69, 9.17) is 17.0 Å². The second-order valence-corrected chi connectivity index (χ2v) is 6.79. The topological polar surface area (TPSA) is 50.4 Å². The number of nitrogens with one attached hydrogen (secondary N) is 2. The van der Waals surface area contributed by atoms with Gasteiger partial charge in [-0.05, 0) is 78.2 Å². The molecule has 6 heteroatoms. The van der Waals surface area contributed by atoms with Gasteiger partial charge in [-0.2, -0.15) is 0 Å². The van der Waals surface area contributed by atoms with Crippen LogP contribution in [0, 0.1) is 20.8 Å². The number of benzene rings is 2. The molecule has 0 saturated carbocycles. The van der Waals surface area contributed by atoms with Crippen molar-refractivity contribution in [2.75, 3.05) is 12.4 Å². The molecule has 2 aromatic carbocycles. The zero-order chi connectivity index (χ0) is 17.9. The van der Waals surface area contributed by atoms with Gasteiger partial charge in [0, 0.05) is 11.3 Å². The van der Waals surface area contributed by atoms with Crippen molar-refractivity contribution in [2.45, 2.75) is 20.8 Å². The molecule has 24 heavy (non-hydrogen) atoms. The number of carbonyl (C=O) groups excluding carboxylic acids is 1. The summed E-state index contributed by atoms with van der Waals surface area (Å²) in [5.41, 5.74) is 4.76. The Balaban J connectivity index is 2.10. The molecule has 0 fully saturated rings. The lowest BCUT2D eigenvalue weighted by Crippen LogP contribution is -2.34. The first-order valence-electron chi connectivity index (χ1n) is 7.35. The lowest BCUT2D eigenvalue weighted by atomic mass is 10.1. The Morgan fingerprint density at radius 3 is 2.29 bits per heavy atom. The van der Waals surface area contributed by atoms with Crippen LogP contribution in [0.15, 0.2) is 34.8 Å². The van der Waals surface area contributed by atoms with Crippen LogP contribution in [0.25, 0.3) is 0 Å². The second-order valence-electron chi connectivity index (χ2n) is 5.53. The fourth-order valence-corrected chi connectivity index (χ4v) is 3.24. The first-order valence-corrected chi connectivity index (χ1v) is 8.55. The Kier molecular flexibility index (Phi) is 5.96. The van der Waals surface area contributed by atoms with E-state index in [1.165, 1.54) is 5.56 Å². The molecule has 0 aliphatic carbocycles. The van der Waals surface area contributed by atoms with Crippen LogP contribution in [-0.4, -0.2) is 18.1 Å². The van der Waals surface area contributed by atoms with Crippen LogP contribution >= 0.6 is 28.1 Å². The van der Waals surface area contributed by atoms with E-state index < -0.39 is 0 Å². The molecule has 0 unspecified atom stereocenters. The summed E-state index contributed by atoms with van der Waals surface area (Å²) in [5, 5.41) is 6.07. The smallest absolute Gasteiger partial charge is 0.257 e. The molecule has 0 aliphatic heterocycles. The molecule has 0 spiro atoms. The number of thiocarbonyl (C=S) groups is 1. The van der Waals surface area contributed by atoms with Gasteiger partial charge in [0.1, 0.15) is 5.75 Å². The number of rotatable bonds is 3. The molecule has 0 aliphatic rings. The van der Waals surface area contributed by atoms with Crippen LogP contribution in [0.5, 0.6) is 5.75 Å². The molecule has 2 aromatic rings. The van der Waals surface area contributed by atoms with Crippen molar-refractivity contribution in [2.24, 2.45) is 0 Å². The fourth-order valence-electron chi connectivity index (χ4n) is 2.50. The number of amides is 1. The molecule has 126 valence electrons. The highest BCUT2D eigenvalue weighted by atomic mass is 79.9. The summed E-state index contributed by atoms with van der Waals surface area (Å²) in [6.45, 7) is 6.06. The summed E-state index contributed by atoms with van der Waals surface area (Å²) >= 11 is 8.63. The largest absolute Gasteiger partial charge is 0.496 e. The van der Waals surface area contributed by atoms with E-state index in [0.29, 0.717) is 15.8 Å². The molecule has 0 bridgehead atoms. The maximum atomic E-state index is 12.3. The monoisotopic (exact) mass is 406 g/mol. The summed E-state index contributed by atoms with van der Waals surface area (Å²) in [6.07, 6.45) is 0. The van der Waals surface area contributed by atoms with Gasteiger partial charge in [0.15, 0.2) is 5.11 Å². The minimum atomic E-state index is -0.279. The van der Waals surface area contributed by atoms with Gasteiger partial charge in [0.2, 0.25) is 0 Å². The van der Waals surface area contributed by atoms with Crippen molar-refractivity contribution in [1.29, 1.82) is 0 Å². The van der Waals surface area contributed by atoms with E-state index >= 15 is 0 Å². The molecule has 0 heterocycles. The Labute approximate surface area is 155 Å². The van der Waals surface area contributed by atoms with Crippen LogP contribution in [0.2, 0.25) is 0 Å². The number of methoxy groups -OCH3 is 1. The number of halogens is 1. The third-order valence-corrected chi connectivity index (χ3v) is 4.38. The predicted octanol–water partition coefficient (Wildman–Crippen LogP) is 4.51. The average Bonchev–Trinajstić information content (AvgIpc) is 2.50. The number of hydrogen-bond donors (Lipinski definition) is 2. The maximum absolute atomic E-state index is 12.3. The highest BCUT2D eigenvalue weighted by molar-refractivity contribution is 9.10. The van der Waals surface area contributed by atoms with Crippen molar-refractivity contribution >= 4 is 44.9 Å². The van der Waals surface area contributed by atoms with Crippen LogP contribution in [-0.2, 0) is 0 Å². The van der Waals surface area contributed by atoms with Crippen molar-refractivity contribution in [3.8, 4) is 5.75 Å². The Morgan fingerprint density at radius 2 is 1.75 bits per heavy atom. The van der Waals surface area contributed by atoms with Crippen LogP contribution < -0.4 is 15.4 Å². The number of anilines is 1. The first kappa shape index (κ1) is 18.4. The minimum absolute atomic E-state index is 0.266. The number of ether oxygens (including phenoxy) is 1. The SMILES string of the molecule is COc1ccc(C(=O)NC(=S)Nc2c(C)cc(C)cc2C)cc1Br. The van der Waals surface area contributed by atoms with Gasteiger partial charge in [0.25, 0.3) is 5.91 Å². The summed E-state index contributed by atoms with van der Waals surface area (Å²) in [4.78, 5) is 12.3. The highest BCUT2D eigenvalue weighted by Crippen LogP contribution is 2.25. The first-order chi connectivity index (χ1) is 11.3. The summed E-state index contributed by atoms with van der Waals surface area (Å²) in [5.74, 6) is 0.386. The van der Waals surface area contributed by atoms with E-state index in [9.17, 15) is 4.79 Å². The number of carbonyl (C=O) groups is 1. The molecule has 1 amide bonds. The Bertz CT molecular complexity index is 783. The second kappa shape index (κ2) is 7.77. The molecule has 2 rings (SSSR count). The number of aryl methyl sites for hydroxylation is 3. The van der Waals surface area contributed by atoms with Gasteiger partial charge in [-0.25, -0.2) is 0 Å². The van der Waals surface area contributed by atoms with Crippen molar-refractivity contribution in [3.63, 3.8) is 0 Å². The average molecular weight is 407 g/mol. The molecule has 0 saturated heterocycles. The van der Waals surface area contributed by atoms with Gasteiger partial charge in [-0.1, -0.05) is 17.7 Å². The van der Waals surface area contributed by atoms with Gasteiger partial charge in [-0.15, -0.1) is 0 Å². The van der Waals surface area contributed by atoms with Gasteiger partial charge in [0.05, 0.1) is 11.6 Å². The lowest BCUT2D eigenvalue weighted by molar-refractivity contribution is 0.0977. The molecule has 4 nitrogen and oxygen atoms in total. The van der Waals surface area contributed by atoms with Crippen molar-refractivity contribution in [3.05, 3.63) is 57.1 Å². The fraction of sp³-hybridized carbons (Fsp3) is 0.222. The zero-order valence-corrected chi connectivity index (χ0v) is 16.4. The van der Waals surface area contributed by atoms with E-state index in [2.05, 4.69) is 38.7 Å². The summed E-state index contributed by atoms with van der Waals surface area (Å²) in [7, 11) is 1.57. The van der Waals surface area contributed by atoms with E-state index in [-0.39, 0.29) is 11.0 Å². The molecular weight excluding hydrogens is 388 g/mol. The Morgan fingerprint density at radius 1 is 1.12 bits per heavy atom. The standard InChI is InChI=1S/C18H19BrN2O2S/c1-10-7-11(2)16(12(3)8-10)20-18(24)21-17(22)13-5-6-15(23-4)14(19)9-13/h5-9H,1-4H3,(H2,20,21,22,24). The molecule has 2 N–H and O–H groups in total. The van der Waals surface area contributed by atoms with Gasteiger partial charge >= 0.3 is 0 Å². The third kappa shape index (κ3) is 4.33. The molecular formula is C18H19BrN2O2S. The lowest BCUT2D eigenvalue weighted by Gasteiger charge is -2.15. The zero-order valence-electron chi connectivity index (χ0n) is 14.0. The minimum Gasteiger partial charge on any atom is -0.496 e. The van der Waals surface area contributed by atoms with Crippen LogP contribution in [0.4, 0.5) is 5.69 Å². The van der Waals surface area contributed by atoms with Gasteiger partial charge < -0.3 is 10.1 Å². The summed E-state index contributed by atoms with van der Waals surface area (Å²) in [6, 6.07) is 9.24. The van der Waals surface area contributed by atoms with Crippen LogP contribution in [0.3, 0.4) is 0 Å². The van der Waals surface area contributed by atoms with Crippen molar-refractivity contribution < 1.29 is 9.53 Å². The Hall–Kier alpha value is -1.92. The quantitative estimate of drug-likeness (QED) is 0.736. The predicted molar refractivity (Wildman–Crippen MR) is 105 cm³/mol. The summed E-state index contributed by atoms with van der Waals surface area (Å²) < 4.78 is 5.87. The normalized spacial score (nSPS) is 10.2. The highest BCUT2D eigenvalue weighted by Gasteiger charge is 2.12. The maximum Gasteiger partial charge on any atom is 0.257 e. The van der Waals surface area contributed by atoms with Crippen molar-refractivity contribution in [1.82, 2.24) is 5.32 Å². The number of hydrogen-bond acceptors (Lipinski definition) is 3. The third-order valence-electron chi connectivity index (χ3n) is 3.56. The van der Waals surface area contributed by atoms with E-state index in [1.807, 2.05) is 20.8 Å². The van der Waals surface area contributed by atoms with E-state index in [1.54, 1.807) is 25.3 Å². The van der Waals surface area contributed by atoms with Crippen LogP contribution in [0.1, 0.15) is 27.0 Å². The molecule has 0 aromatic heterocycles. The molecule has 0 radical (unpaired) electrons. The van der Waals surface area contributed by atoms with Gasteiger partial charge in [-0.3, -0.25) is 10.1 Å².